The Labute approximate surface area is 230 Å². The molecule has 3 aromatic rings. The summed E-state index contributed by atoms with van der Waals surface area (Å²) in [4.78, 5) is 14.0. The molecule has 0 bridgehead atoms. The number of hydrogen-bond acceptors (Lipinski definition) is 2. The first-order valence-corrected chi connectivity index (χ1v) is 14.1. The van der Waals surface area contributed by atoms with Crippen molar-refractivity contribution < 1.29 is 14.3 Å². The van der Waals surface area contributed by atoms with E-state index in [1.54, 1.807) is 6.07 Å². The van der Waals surface area contributed by atoms with Crippen LogP contribution in [0.3, 0.4) is 0 Å². The summed E-state index contributed by atoms with van der Waals surface area (Å²) in [6.45, 7) is 4.85. The summed E-state index contributed by atoms with van der Waals surface area (Å²) in [6.07, 6.45) is 5.19. The van der Waals surface area contributed by atoms with Crippen LogP contribution in [0, 0.1) is 5.92 Å². The van der Waals surface area contributed by atoms with E-state index in [1.807, 2.05) is 24.3 Å². The van der Waals surface area contributed by atoms with Gasteiger partial charge in [-0.3, -0.25) is 4.39 Å². The van der Waals surface area contributed by atoms with E-state index >= 15 is 0 Å². The largest absolute Gasteiger partial charge is 0.478 e. The minimum atomic E-state index is -0.894. The molecule has 1 aliphatic heterocycles. The second-order valence-corrected chi connectivity index (χ2v) is 11.0. The fraction of sp³-hybridized carbons (Fsp3) is 0.364. The summed E-state index contributed by atoms with van der Waals surface area (Å²) in [6, 6.07) is 20.6. The Hall–Kier alpha value is -2.95. The van der Waals surface area contributed by atoms with Crippen LogP contribution in [0.15, 0.2) is 60.7 Å². The highest BCUT2D eigenvalue weighted by Gasteiger charge is 2.27. The maximum atomic E-state index is 12.5. The van der Waals surface area contributed by atoms with E-state index in [0.717, 1.165) is 79.0 Å². The summed E-state index contributed by atoms with van der Waals surface area (Å²) in [5.74, 6) is -0.267. The molecule has 1 heterocycles. The van der Waals surface area contributed by atoms with Crippen LogP contribution in [0.1, 0.15) is 69.9 Å². The monoisotopic (exact) mass is 531 g/mol. The van der Waals surface area contributed by atoms with E-state index in [2.05, 4.69) is 42.2 Å². The highest BCUT2D eigenvalue weighted by molar-refractivity contribution is 6.31. The van der Waals surface area contributed by atoms with Gasteiger partial charge in [-0.2, -0.15) is 0 Å². The average Bonchev–Trinajstić information content (AvgIpc) is 3.09. The number of aryl methyl sites for hydroxylation is 1. The number of carboxylic acids is 1. The number of nitrogens with zero attached hydrogens (tertiary/aromatic N) is 1. The quantitative estimate of drug-likeness (QED) is 0.307. The Morgan fingerprint density at radius 1 is 1.05 bits per heavy atom. The fourth-order valence-electron chi connectivity index (χ4n) is 6.13. The van der Waals surface area contributed by atoms with Crippen LogP contribution in [0.5, 0.6) is 0 Å². The molecule has 1 saturated heterocycles. The van der Waals surface area contributed by atoms with E-state index in [-0.39, 0.29) is 6.67 Å². The maximum Gasteiger partial charge on any atom is 0.335 e. The van der Waals surface area contributed by atoms with Gasteiger partial charge in [0.1, 0.15) is 0 Å². The maximum absolute atomic E-state index is 12.5. The molecule has 5 rings (SSSR count). The lowest BCUT2D eigenvalue weighted by Crippen LogP contribution is -2.47. The summed E-state index contributed by atoms with van der Waals surface area (Å²) < 4.78 is 12.5. The third kappa shape index (κ3) is 5.57. The predicted octanol–water partition coefficient (Wildman–Crippen LogP) is 7.73. The van der Waals surface area contributed by atoms with Gasteiger partial charge >= 0.3 is 5.97 Å². The summed E-state index contributed by atoms with van der Waals surface area (Å²) in [7, 11) is 0. The van der Waals surface area contributed by atoms with Crippen LogP contribution in [0.4, 0.5) is 4.39 Å². The van der Waals surface area contributed by atoms with Crippen LogP contribution in [-0.4, -0.2) is 42.3 Å². The van der Waals surface area contributed by atoms with Crippen LogP contribution >= 0.6 is 11.6 Å². The molecule has 1 aliphatic carbocycles. The topological polar surface area (TPSA) is 40.5 Å². The van der Waals surface area contributed by atoms with Crippen LogP contribution in [0.2, 0.25) is 5.02 Å². The number of rotatable bonds is 9. The first-order chi connectivity index (χ1) is 18.5. The van der Waals surface area contributed by atoms with Gasteiger partial charge in [-0.25, -0.2) is 4.79 Å². The number of likely N-dealkylation sites (tertiary alicyclic amines) is 1. The third-order valence-electron chi connectivity index (χ3n) is 8.00. The minimum absolute atomic E-state index is 0.240. The second kappa shape index (κ2) is 11.8. The summed E-state index contributed by atoms with van der Waals surface area (Å²) in [5, 5.41) is 10.4. The molecule has 1 fully saturated rings. The van der Waals surface area contributed by atoms with E-state index in [0.29, 0.717) is 17.9 Å². The van der Waals surface area contributed by atoms with E-state index in [9.17, 15) is 14.3 Å². The van der Waals surface area contributed by atoms with Crippen molar-refractivity contribution in [3.8, 4) is 0 Å². The Balaban J connectivity index is 1.53. The summed E-state index contributed by atoms with van der Waals surface area (Å²) >= 11 is 6.66. The van der Waals surface area contributed by atoms with Crippen molar-refractivity contribution in [1.29, 1.82) is 0 Å². The zero-order chi connectivity index (χ0) is 26.6. The molecule has 3 aromatic carbocycles. The average molecular weight is 532 g/mol. The van der Waals surface area contributed by atoms with Gasteiger partial charge in [0.2, 0.25) is 0 Å². The number of fused-ring (bicyclic) bond motifs is 1. The smallest absolute Gasteiger partial charge is 0.335 e. The molecule has 198 valence electrons. The minimum Gasteiger partial charge on any atom is -0.478 e. The number of allylic oxidation sites excluding steroid dienone is 1. The third-order valence-corrected chi connectivity index (χ3v) is 8.36. The van der Waals surface area contributed by atoms with Crippen molar-refractivity contribution in [2.75, 3.05) is 26.3 Å². The molecule has 5 heteroatoms. The normalized spacial score (nSPS) is 16.2. The molecular weight excluding hydrogens is 497 g/mol. The zero-order valence-corrected chi connectivity index (χ0v) is 22.7. The number of benzene rings is 3. The van der Waals surface area contributed by atoms with Crippen molar-refractivity contribution in [2.45, 2.75) is 45.4 Å². The molecule has 3 nitrogen and oxygen atoms in total. The number of hydrogen-bond donors (Lipinski definition) is 1. The van der Waals surface area contributed by atoms with Gasteiger partial charge in [0, 0.05) is 24.7 Å². The van der Waals surface area contributed by atoms with Crippen molar-refractivity contribution in [3.05, 3.63) is 105 Å². The van der Waals surface area contributed by atoms with Gasteiger partial charge in [-0.05, 0) is 107 Å². The number of aromatic carboxylic acids is 1. The lowest BCUT2D eigenvalue weighted by Gasteiger charge is -2.39. The van der Waals surface area contributed by atoms with Crippen molar-refractivity contribution in [3.63, 3.8) is 0 Å². The second-order valence-electron chi connectivity index (χ2n) is 10.6. The van der Waals surface area contributed by atoms with Gasteiger partial charge in [0.05, 0.1) is 12.2 Å². The number of carboxylic acid groups (broad SMARTS) is 1. The summed E-state index contributed by atoms with van der Waals surface area (Å²) in [5.41, 5.74) is 9.80. The van der Waals surface area contributed by atoms with Gasteiger partial charge in [0.15, 0.2) is 0 Å². The molecule has 0 saturated carbocycles. The standard InChI is InChI=1S/C33H35ClFNO2/c1-2-27-29(7-4-9-31(27)34)30-8-3-6-25-19-26(33(37)38)14-15-28(25)32(30)24-12-10-22(11-13-24)18-23-20-36(21-23)17-5-16-35/h4,7,9-15,19,23H,2-3,5-6,8,16-18,20-21H2,1H3,(H,37,38). The van der Waals surface area contributed by atoms with Crippen molar-refractivity contribution in [1.82, 2.24) is 4.90 Å². The van der Waals surface area contributed by atoms with E-state index in [4.69, 9.17) is 11.6 Å². The molecule has 1 N–H and O–H groups in total. The molecular formula is C33H35ClFNO2. The fourth-order valence-corrected chi connectivity index (χ4v) is 6.44. The Morgan fingerprint density at radius 2 is 1.84 bits per heavy atom. The Bertz CT molecular complexity index is 1340. The number of carbonyl (C=O) groups is 1. The van der Waals surface area contributed by atoms with Gasteiger partial charge < -0.3 is 10.0 Å². The molecule has 0 amide bonds. The Morgan fingerprint density at radius 3 is 2.55 bits per heavy atom. The van der Waals surface area contributed by atoms with Crippen molar-refractivity contribution in [2.24, 2.45) is 5.92 Å². The zero-order valence-electron chi connectivity index (χ0n) is 22.0. The van der Waals surface area contributed by atoms with Gasteiger partial charge in [-0.1, -0.05) is 61.0 Å². The van der Waals surface area contributed by atoms with Gasteiger partial charge in [-0.15, -0.1) is 0 Å². The van der Waals surface area contributed by atoms with E-state index < -0.39 is 5.97 Å². The number of alkyl halides is 1. The van der Waals surface area contributed by atoms with Crippen LogP contribution in [0.25, 0.3) is 11.1 Å². The molecule has 38 heavy (non-hydrogen) atoms. The molecule has 0 radical (unpaired) electrons. The first kappa shape index (κ1) is 26.6. The van der Waals surface area contributed by atoms with Gasteiger partial charge in [0.25, 0.3) is 0 Å². The molecule has 0 spiro atoms. The molecule has 2 aliphatic rings. The molecule has 0 unspecified atom stereocenters. The SMILES string of the molecule is CCc1c(Cl)cccc1C1=C(c2ccc(CC3CN(CCCF)C3)cc2)c2ccc(C(=O)O)cc2CCC1. The highest BCUT2D eigenvalue weighted by atomic mass is 35.5. The predicted molar refractivity (Wildman–Crippen MR) is 154 cm³/mol. The highest BCUT2D eigenvalue weighted by Crippen LogP contribution is 2.42. The molecule has 0 aromatic heterocycles. The van der Waals surface area contributed by atoms with E-state index in [1.165, 1.54) is 22.3 Å². The Kier molecular flexibility index (Phi) is 8.30. The van der Waals surface area contributed by atoms with Crippen LogP contribution in [-0.2, 0) is 19.3 Å². The molecule has 0 atom stereocenters. The lowest BCUT2D eigenvalue weighted by atomic mass is 9.84. The van der Waals surface area contributed by atoms with Crippen LogP contribution < -0.4 is 0 Å². The first-order valence-electron chi connectivity index (χ1n) is 13.7. The lowest BCUT2D eigenvalue weighted by molar-refractivity contribution is 0.0696. The van der Waals surface area contributed by atoms with Crippen molar-refractivity contribution >= 4 is 28.7 Å². The number of halogens is 2.